The van der Waals surface area contributed by atoms with Gasteiger partial charge in [-0.25, -0.2) is 14.6 Å². The normalized spacial score (nSPS) is 13.6. The fraction of sp³-hybridized carbons (Fsp3) is 0.444. The highest BCUT2D eigenvalue weighted by molar-refractivity contribution is 5.89. The van der Waals surface area contributed by atoms with E-state index in [0.717, 1.165) is 17.7 Å². The summed E-state index contributed by atoms with van der Waals surface area (Å²) in [6.45, 7) is 7.32. The lowest BCUT2D eigenvalue weighted by molar-refractivity contribution is 0.0516. The van der Waals surface area contributed by atoms with Crippen LogP contribution in [0.15, 0.2) is 18.3 Å². The Morgan fingerprint density at radius 3 is 2.69 bits per heavy atom. The number of nitrogens with zero attached hydrogens (tertiary/aromatic N) is 4. The minimum Gasteiger partial charge on any atom is -0.478 e. The van der Waals surface area contributed by atoms with Gasteiger partial charge >= 0.3 is 11.9 Å². The van der Waals surface area contributed by atoms with Crippen molar-refractivity contribution in [2.24, 2.45) is 0 Å². The quantitative estimate of drug-likeness (QED) is 0.819. The van der Waals surface area contributed by atoms with Crippen LogP contribution in [0.25, 0.3) is 0 Å². The molecule has 0 amide bonds. The molecule has 2 aromatic rings. The van der Waals surface area contributed by atoms with Gasteiger partial charge in [0.2, 0.25) is 0 Å². The van der Waals surface area contributed by atoms with Crippen molar-refractivity contribution in [2.45, 2.75) is 39.8 Å². The molecule has 8 heteroatoms. The Hall–Kier alpha value is -2.90. The van der Waals surface area contributed by atoms with E-state index in [1.165, 1.54) is 12.3 Å². The lowest BCUT2D eigenvalue weighted by Gasteiger charge is -2.29. The molecule has 26 heavy (non-hydrogen) atoms. The molecular weight excluding hydrogens is 336 g/mol. The van der Waals surface area contributed by atoms with E-state index in [2.05, 4.69) is 10.1 Å². The third kappa shape index (κ3) is 3.26. The minimum absolute atomic E-state index is 0.145. The van der Waals surface area contributed by atoms with Gasteiger partial charge in [-0.1, -0.05) is 0 Å². The Kier molecular flexibility index (Phi) is 4.92. The smallest absolute Gasteiger partial charge is 0.359 e. The third-order valence-electron chi connectivity index (χ3n) is 4.36. The fourth-order valence-electron chi connectivity index (χ4n) is 3.13. The van der Waals surface area contributed by atoms with Crippen molar-refractivity contribution in [3.05, 3.63) is 40.8 Å². The van der Waals surface area contributed by atoms with Crippen molar-refractivity contribution >= 4 is 17.8 Å². The summed E-state index contributed by atoms with van der Waals surface area (Å²) in [6.07, 6.45) is 2.07. The molecule has 1 aliphatic rings. The van der Waals surface area contributed by atoms with E-state index in [4.69, 9.17) is 9.84 Å². The third-order valence-corrected chi connectivity index (χ3v) is 4.36. The zero-order chi connectivity index (χ0) is 18.8. The molecule has 0 saturated carbocycles. The maximum absolute atomic E-state index is 12.3. The van der Waals surface area contributed by atoms with Crippen LogP contribution in [-0.2, 0) is 17.7 Å². The molecular formula is C18H22N4O4. The molecule has 3 heterocycles. The SMILES string of the molecule is CCOC(=O)c1nn(C(C)C)c2c1CN(c1ccc(C(=O)O)cn1)CC2. The van der Waals surface area contributed by atoms with E-state index in [1.54, 1.807) is 13.0 Å². The number of pyridine rings is 1. The molecule has 0 radical (unpaired) electrons. The maximum atomic E-state index is 12.3. The largest absolute Gasteiger partial charge is 0.478 e. The van der Waals surface area contributed by atoms with E-state index in [1.807, 2.05) is 23.4 Å². The number of aromatic carboxylic acids is 1. The van der Waals surface area contributed by atoms with Crippen molar-refractivity contribution in [2.75, 3.05) is 18.1 Å². The van der Waals surface area contributed by atoms with Crippen LogP contribution >= 0.6 is 0 Å². The number of rotatable bonds is 5. The van der Waals surface area contributed by atoms with Crippen LogP contribution in [0.4, 0.5) is 5.82 Å². The zero-order valence-corrected chi connectivity index (χ0v) is 15.1. The number of anilines is 1. The second-order valence-electron chi connectivity index (χ2n) is 6.41. The van der Waals surface area contributed by atoms with Crippen LogP contribution in [0.3, 0.4) is 0 Å². The van der Waals surface area contributed by atoms with Gasteiger partial charge in [-0.3, -0.25) is 4.68 Å². The number of carboxylic acid groups (broad SMARTS) is 1. The summed E-state index contributed by atoms with van der Waals surface area (Å²) in [4.78, 5) is 29.6. The van der Waals surface area contributed by atoms with E-state index in [9.17, 15) is 9.59 Å². The van der Waals surface area contributed by atoms with Crippen LogP contribution in [0.2, 0.25) is 0 Å². The second-order valence-corrected chi connectivity index (χ2v) is 6.41. The average molecular weight is 358 g/mol. The lowest BCUT2D eigenvalue weighted by atomic mass is 10.0. The van der Waals surface area contributed by atoms with Crippen molar-refractivity contribution in [3.63, 3.8) is 0 Å². The van der Waals surface area contributed by atoms with Gasteiger partial charge in [0.1, 0.15) is 5.82 Å². The van der Waals surface area contributed by atoms with Gasteiger partial charge in [-0.2, -0.15) is 5.10 Å². The minimum atomic E-state index is -1.01. The number of hydrogen-bond donors (Lipinski definition) is 1. The highest BCUT2D eigenvalue weighted by Crippen LogP contribution is 2.28. The highest BCUT2D eigenvalue weighted by atomic mass is 16.5. The molecule has 3 rings (SSSR count). The van der Waals surface area contributed by atoms with E-state index in [-0.39, 0.29) is 11.6 Å². The van der Waals surface area contributed by atoms with Crippen LogP contribution in [0.5, 0.6) is 0 Å². The Morgan fingerprint density at radius 2 is 2.12 bits per heavy atom. The number of ether oxygens (including phenoxy) is 1. The first-order valence-corrected chi connectivity index (χ1v) is 8.64. The molecule has 8 nitrogen and oxygen atoms in total. The fourth-order valence-corrected chi connectivity index (χ4v) is 3.13. The van der Waals surface area contributed by atoms with E-state index < -0.39 is 11.9 Å². The van der Waals surface area contributed by atoms with Crippen LogP contribution in [0.1, 0.15) is 58.9 Å². The first kappa shape index (κ1) is 17.9. The molecule has 0 spiro atoms. The molecule has 138 valence electrons. The van der Waals surface area contributed by atoms with Crippen molar-refractivity contribution in [3.8, 4) is 0 Å². The predicted molar refractivity (Wildman–Crippen MR) is 94.5 cm³/mol. The van der Waals surface area contributed by atoms with E-state index in [0.29, 0.717) is 31.2 Å². The van der Waals surface area contributed by atoms with Crippen LogP contribution < -0.4 is 4.90 Å². The Balaban J connectivity index is 1.93. The topological polar surface area (TPSA) is 97.6 Å². The first-order chi connectivity index (χ1) is 12.4. The van der Waals surface area contributed by atoms with Crippen LogP contribution in [-0.4, -0.2) is 45.0 Å². The molecule has 0 aliphatic carbocycles. The van der Waals surface area contributed by atoms with Gasteiger partial charge < -0.3 is 14.7 Å². The molecule has 1 aliphatic heterocycles. The Morgan fingerprint density at radius 1 is 1.35 bits per heavy atom. The summed E-state index contributed by atoms with van der Waals surface area (Å²) in [7, 11) is 0. The second kappa shape index (κ2) is 7.15. The molecule has 0 fully saturated rings. The average Bonchev–Trinajstić information content (AvgIpc) is 3.01. The summed E-state index contributed by atoms with van der Waals surface area (Å²) in [5.74, 6) is -0.750. The molecule has 0 saturated heterocycles. The lowest BCUT2D eigenvalue weighted by Crippen LogP contribution is -2.32. The van der Waals surface area contributed by atoms with Gasteiger partial charge in [0.15, 0.2) is 5.69 Å². The van der Waals surface area contributed by atoms with Crippen molar-refractivity contribution in [1.29, 1.82) is 0 Å². The molecule has 1 N–H and O–H groups in total. The van der Waals surface area contributed by atoms with Crippen LogP contribution in [0, 0.1) is 0 Å². The summed E-state index contributed by atoms with van der Waals surface area (Å²) >= 11 is 0. The van der Waals surface area contributed by atoms with Gasteiger partial charge in [0, 0.05) is 43.0 Å². The van der Waals surface area contributed by atoms with Gasteiger partial charge in [0.25, 0.3) is 0 Å². The van der Waals surface area contributed by atoms with Gasteiger partial charge in [-0.15, -0.1) is 0 Å². The van der Waals surface area contributed by atoms with Gasteiger partial charge in [-0.05, 0) is 32.9 Å². The number of carbonyl (C=O) groups excluding carboxylic acids is 1. The zero-order valence-electron chi connectivity index (χ0n) is 15.1. The number of carboxylic acids is 1. The first-order valence-electron chi connectivity index (χ1n) is 8.64. The summed E-state index contributed by atoms with van der Waals surface area (Å²) in [5.41, 5.74) is 2.39. The standard InChI is InChI=1S/C18H22N4O4/c1-4-26-18(25)16-13-10-21(8-7-14(13)22(20-16)11(2)3)15-6-5-12(9-19-15)17(23)24/h5-6,9,11H,4,7-8,10H2,1-3H3,(H,23,24). The van der Waals surface area contributed by atoms with Crippen molar-refractivity contribution in [1.82, 2.24) is 14.8 Å². The number of fused-ring (bicyclic) bond motifs is 1. The highest BCUT2D eigenvalue weighted by Gasteiger charge is 2.30. The number of carbonyl (C=O) groups is 2. The van der Waals surface area contributed by atoms with Crippen molar-refractivity contribution < 1.29 is 19.4 Å². The number of esters is 1. The molecule has 0 unspecified atom stereocenters. The number of hydrogen-bond acceptors (Lipinski definition) is 6. The predicted octanol–water partition coefficient (Wildman–Crippen LogP) is 2.30. The monoisotopic (exact) mass is 358 g/mol. The molecule has 0 aromatic carbocycles. The molecule has 2 aromatic heterocycles. The summed E-state index contributed by atoms with van der Waals surface area (Å²) in [6, 6.07) is 3.36. The maximum Gasteiger partial charge on any atom is 0.359 e. The molecule has 0 atom stereocenters. The number of aromatic nitrogens is 3. The Labute approximate surface area is 151 Å². The Bertz CT molecular complexity index is 826. The van der Waals surface area contributed by atoms with Gasteiger partial charge in [0.05, 0.1) is 12.2 Å². The summed E-state index contributed by atoms with van der Waals surface area (Å²) < 4.78 is 7.04. The molecule has 0 bridgehead atoms. The summed E-state index contributed by atoms with van der Waals surface area (Å²) in [5, 5.41) is 13.5. The van der Waals surface area contributed by atoms with E-state index >= 15 is 0 Å².